The SMILES string of the molecule is CCOc1ccc(N2C(=S)N[C@H](c3ccccn3)[C@@H]2c2cc(C)n(-c3ccccc3C(F)(F)F)c2C)cc1. The molecule has 0 radical (unpaired) electrons. The van der Waals surface area contributed by atoms with Crippen molar-refractivity contribution in [1.82, 2.24) is 14.9 Å². The molecule has 5 nitrogen and oxygen atoms in total. The van der Waals surface area contributed by atoms with E-state index in [9.17, 15) is 13.2 Å². The van der Waals surface area contributed by atoms with Gasteiger partial charge in [0.25, 0.3) is 0 Å². The fourth-order valence-corrected chi connectivity index (χ4v) is 5.53. The van der Waals surface area contributed by atoms with Gasteiger partial charge in [-0.05, 0) is 93.1 Å². The fraction of sp³-hybridized carbons (Fsp3) is 0.241. The monoisotopic (exact) mass is 536 g/mol. The number of para-hydroxylation sites is 1. The molecule has 0 saturated carbocycles. The number of benzene rings is 2. The molecule has 9 heteroatoms. The third-order valence-corrected chi connectivity index (χ3v) is 7.08. The van der Waals surface area contributed by atoms with Gasteiger partial charge in [-0.15, -0.1) is 0 Å². The van der Waals surface area contributed by atoms with Gasteiger partial charge in [0.1, 0.15) is 5.75 Å². The summed E-state index contributed by atoms with van der Waals surface area (Å²) in [7, 11) is 0. The summed E-state index contributed by atoms with van der Waals surface area (Å²) in [5.74, 6) is 0.745. The van der Waals surface area contributed by atoms with Crippen molar-refractivity contribution >= 4 is 23.0 Å². The number of pyridine rings is 1. The Hall–Kier alpha value is -3.85. The van der Waals surface area contributed by atoms with Crippen LogP contribution < -0.4 is 15.0 Å². The largest absolute Gasteiger partial charge is 0.494 e. The van der Waals surface area contributed by atoms with Crippen molar-refractivity contribution in [2.75, 3.05) is 11.5 Å². The van der Waals surface area contributed by atoms with E-state index in [1.165, 1.54) is 12.1 Å². The van der Waals surface area contributed by atoms with Gasteiger partial charge >= 0.3 is 6.18 Å². The van der Waals surface area contributed by atoms with E-state index in [4.69, 9.17) is 17.0 Å². The molecule has 2 aromatic heterocycles. The number of thiocarbonyl (C=S) groups is 1. The summed E-state index contributed by atoms with van der Waals surface area (Å²) in [6.45, 7) is 6.15. The molecule has 0 amide bonds. The van der Waals surface area contributed by atoms with Crippen molar-refractivity contribution in [2.24, 2.45) is 0 Å². The minimum absolute atomic E-state index is 0.0942. The van der Waals surface area contributed by atoms with Gasteiger partial charge < -0.3 is 19.5 Å². The van der Waals surface area contributed by atoms with E-state index in [0.29, 0.717) is 23.1 Å². The van der Waals surface area contributed by atoms with Gasteiger partial charge in [-0.1, -0.05) is 18.2 Å². The van der Waals surface area contributed by atoms with E-state index >= 15 is 0 Å². The number of rotatable bonds is 6. The third kappa shape index (κ3) is 4.62. The number of ether oxygens (including phenoxy) is 1. The molecule has 5 rings (SSSR count). The molecule has 2 aromatic carbocycles. The first-order valence-corrected chi connectivity index (χ1v) is 12.7. The van der Waals surface area contributed by atoms with E-state index in [0.717, 1.165) is 28.8 Å². The van der Waals surface area contributed by atoms with Gasteiger partial charge in [-0.2, -0.15) is 13.2 Å². The number of alkyl halides is 3. The molecule has 1 aliphatic rings. The van der Waals surface area contributed by atoms with Crippen molar-refractivity contribution in [1.29, 1.82) is 0 Å². The maximum atomic E-state index is 13.9. The molecule has 1 saturated heterocycles. The number of hydrogen-bond acceptors (Lipinski definition) is 3. The summed E-state index contributed by atoms with van der Waals surface area (Å²) in [6.07, 6.45) is -2.76. The highest BCUT2D eigenvalue weighted by atomic mass is 32.1. The Bertz CT molecular complexity index is 1450. The number of anilines is 1. The third-order valence-electron chi connectivity index (χ3n) is 6.76. The minimum Gasteiger partial charge on any atom is -0.494 e. The second-order valence-corrected chi connectivity index (χ2v) is 9.49. The first-order valence-electron chi connectivity index (χ1n) is 12.3. The summed E-state index contributed by atoms with van der Waals surface area (Å²) in [6, 6.07) is 20.2. The Morgan fingerprint density at radius 3 is 2.37 bits per heavy atom. The lowest BCUT2D eigenvalue weighted by Gasteiger charge is -2.28. The van der Waals surface area contributed by atoms with E-state index in [2.05, 4.69) is 10.3 Å². The molecule has 1 N–H and O–H groups in total. The molecule has 0 spiro atoms. The zero-order chi connectivity index (χ0) is 27.0. The zero-order valence-electron chi connectivity index (χ0n) is 21.2. The average Bonchev–Trinajstić information content (AvgIpc) is 3.39. The highest BCUT2D eigenvalue weighted by Crippen LogP contribution is 2.44. The van der Waals surface area contributed by atoms with Gasteiger partial charge in [0.15, 0.2) is 5.11 Å². The average molecular weight is 537 g/mol. The van der Waals surface area contributed by atoms with Crippen LogP contribution >= 0.6 is 12.2 Å². The number of aromatic nitrogens is 2. The lowest BCUT2D eigenvalue weighted by molar-refractivity contribution is -0.137. The number of halogens is 3. The van der Waals surface area contributed by atoms with Crippen molar-refractivity contribution in [2.45, 2.75) is 39.0 Å². The van der Waals surface area contributed by atoms with E-state index in [-0.39, 0.29) is 17.8 Å². The van der Waals surface area contributed by atoms with Gasteiger partial charge in [-0.25, -0.2) is 0 Å². The second-order valence-electron chi connectivity index (χ2n) is 9.10. The summed E-state index contributed by atoms with van der Waals surface area (Å²) in [4.78, 5) is 6.58. The first-order chi connectivity index (χ1) is 18.2. The van der Waals surface area contributed by atoms with Gasteiger partial charge in [0.2, 0.25) is 0 Å². The molecular formula is C29H27F3N4OS. The van der Waals surface area contributed by atoms with E-state index in [1.807, 2.05) is 74.2 Å². The van der Waals surface area contributed by atoms with Gasteiger partial charge in [0.05, 0.1) is 35.6 Å². The quantitative estimate of drug-likeness (QED) is 0.267. The Morgan fingerprint density at radius 2 is 1.71 bits per heavy atom. The Balaban J connectivity index is 1.67. The van der Waals surface area contributed by atoms with Crippen molar-refractivity contribution in [3.05, 3.63) is 107 Å². The van der Waals surface area contributed by atoms with Crippen molar-refractivity contribution in [3.8, 4) is 11.4 Å². The Labute approximate surface area is 224 Å². The van der Waals surface area contributed by atoms with Crippen LogP contribution in [0.2, 0.25) is 0 Å². The number of hydrogen-bond donors (Lipinski definition) is 1. The summed E-state index contributed by atoms with van der Waals surface area (Å²) in [5, 5.41) is 3.92. The smallest absolute Gasteiger partial charge is 0.418 e. The van der Waals surface area contributed by atoms with Gasteiger partial charge in [-0.3, -0.25) is 4.98 Å². The van der Waals surface area contributed by atoms with Crippen molar-refractivity contribution < 1.29 is 17.9 Å². The van der Waals surface area contributed by atoms with E-state index in [1.54, 1.807) is 16.8 Å². The van der Waals surface area contributed by atoms with Crippen LogP contribution in [0.1, 0.15) is 47.2 Å². The van der Waals surface area contributed by atoms with Crippen LogP contribution in [0.5, 0.6) is 5.75 Å². The topological polar surface area (TPSA) is 42.3 Å². The first kappa shape index (κ1) is 25.8. The number of nitrogens with zero attached hydrogens (tertiary/aromatic N) is 3. The summed E-state index contributed by atoms with van der Waals surface area (Å²) < 4.78 is 49.1. The molecule has 2 atom stereocenters. The molecule has 38 heavy (non-hydrogen) atoms. The second kappa shape index (κ2) is 10.1. The molecule has 0 aliphatic carbocycles. The lowest BCUT2D eigenvalue weighted by Crippen LogP contribution is -2.29. The summed E-state index contributed by atoms with van der Waals surface area (Å²) in [5.41, 5.74) is 3.29. The Morgan fingerprint density at radius 1 is 1.00 bits per heavy atom. The zero-order valence-corrected chi connectivity index (χ0v) is 22.0. The van der Waals surface area contributed by atoms with Crippen LogP contribution in [-0.2, 0) is 6.18 Å². The van der Waals surface area contributed by atoms with Crippen LogP contribution in [-0.4, -0.2) is 21.3 Å². The standard InChI is InChI=1S/C29H27F3N4OS/c1-4-37-21-14-12-20(13-15-21)36-27(26(34-28(36)38)24-10-7-8-16-33-24)22-17-18(2)35(19(22)3)25-11-6-5-9-23(25)29(30,31)32/h5-17,26-27H,4H2,1-3H3,(H,34,38)/t26-,27+/m1/s1. The Kier molecular flexibility index (Phi) is 6.88. The maximum Gasteiger partial charge on any atom is 0.418 e. The summed E-state index contributed by atoms with van der Waals surface area (Å²) >= 11 is 5.81. The van der Waals surface area contributed by atoms with Crippen LogP contribution in [0.25, 0.3) is 5.69 Å². The maximum absolute atomic E-state index is 13.9. The predicted octanol–water partition coefficient (Wildman–Crippen LogP) is 7.08. The highest BCUT2D eigenvalue weighted by molar-refractivity contribution is 7.80. The van der Waals surface area contributed by atoms with E-state index < -0.39 is 11.7 Å². The van der Waals surface area contributed by atoms with Crippen LogP contribution in [0.3, 0.4) is 0 Å². The van der Waals surface area contributed by atoms with Gasteiger partial charge in [0, 0.05) is 23.3 Å². The molecule has 1 aliphatic heterocycles. The molecule has 0 unspecified atom stereocenters. The normalized spacial score (nSPS) is 17.5. The molecular weight excluding hydrogens is 509 g/mol. The number of nitrogens with one attached hydrogen (secondary N) is 1. The minimum atomic E-state index is -4.48. The highest BCUT2D eigenvalue weighted by Gasteiger charge is 2.43. The molecule has 3 heterocycles. The van der Waals surface area contributed by atoms with Crippen LogP contribution in [0, 0.1) is 13.8 Å². The van der Waals surface area contributed by atoms with Crippen LogP contribution in [0.4, 0.5) is 18.9 Å². The van der Waals surface area contributed by atoms with Crippen LogP contribution in [0.15, 0.2) is 79.0 Å². The number of aryl methyl sites for hydroxylation is 1. The fourth-order valence-electron chi connectivity index (χ4n) is 5.18. The molecule has 0 bridgehead atoms. The lowest BCUT2D eigenvalue weighted by atomic mass is 9.96. The predicted molar refractivity (Wildman–Crippen MR) is 146 cm³/mol. The molecule has 1 fully saturated rings. The molecule has 4 aromatic rings. The van der Waals surface area contributed by atoms with Crippen molar-refractivity contribution in [3.63, 3.8) is 0 Å². The molecule has 196 valence electrons.